The third-order valence-corrected chi connectivity index (χ3v) is 6.37. The summed E-state index contributed by atoms with van der Waals surface area (Å²) in [6, 6.07) is 9.84. The number of rotatable bonds is 9. The second-order valence-corrected chi connectivity index (χ2v) is 10.3. The maximum absolute atomic E-state index is 12.1. The Balaban J connectivity index is 1.76. The number of benzene rings is 1. The van der Waals surface area contributed by atoms with Crippen LogP contribution in [0.1, 0.15) is 26.5 Å². The van der Waals surface area contributed by atoms with Crippen LogP contribution < -0.4 is 15.5 Å². The van der Waals surface area contributed by atoms with Crippen LogP contribution in [0.25, 0.3) is 11.4 Å². The van der Waals surface area contributed by atoms with Crippen LogP contribution >= 0.6 is 11.8 Å². The molecule has 1 aliphatic heterocycles. The molecular weight excluding hydrogens is 436 g/mol. The number of morpholine rings is 1. The molecule has 2 amide bonds. The molecule has 2 N–H and O–H groups in total. The molecule has 2 heterocycles. The van der Waals surface area contributed by atoms with Crippen molar-refractivity contribution in [2.45, 2.75) is 37.8 Å². The number of nitrogens with one attached hydrogen (secondary N) is 2. The SMILES string of the molecule is CC(C)SCc1cc(N2CCOCC2C)nc(-c2ccc(NC(=O)NCCN(C)C)cc2)n1. The van der Waals surface area contributed by atoms with E-state index in [0.717, 1.165) is 41.6 Å². The van der Waals surface area contributed by atoms with Crippen molar-refractivity contribution in [3.05, 3.63) is 36.0 Å². The summed E-state index contributed by atoms with van der Waals surface area (Å²) < 4.78 is 5.61. The van der Waals surface area contributed by atoms with Crippen molar-refractivity contribution >= 4 is 29.3 Å². The standard InChI is InChI=1S/C24H36N6O2S/c1-17(2)33-16-21-14-22(30-12-13-32-15-18(30)3)28-23(26-21)19-6-8-20(9-7-19)27-24(31)25-10-11-29(4)5/h6-9,14,17-18H,10-13,15-16H2,1-5H3,(H2,25,27,31). The number of hydrogen-bond acceptors (Lipinski definition) is 7. The van der Waals surface area contributed by atoms with Crippen molar-refractivity contribution in [3.8, 4) is 11.4 Å². The van der Waals surface area contributed by atoms with Crippen LogP contribution in [0.3, 0.4) is 0 Å². The molecule has 33 heavy (non-hydrogen) atoms. The van der Waals surface area contributed by atoms with Gasteiger partial charge in [-0.1, -0.05) is 13.8 Å². The fourth-order valence-corrected chi connectivity index (χ4v) is 4.08. The normalized spacial score (nSPS) is 16.3. The first-order chi connectivity index (χ1) is 15.8. The van der Waals surface area contributed by atoms with Gasteiger partial charge in [0.25, 0.3) is 0 Å². The van der Waals surface area contributed by atoms with Crippen molar-refractivity contribution in [1.29, 1.82) is 0 Å². The smallest absolute Gasteiger partial charge is 0.319 e. The maximum Gasteiger partial charge on any atom is 0.319 e. The molecule has 3 rings (SSSR count). The van der Waals surface area contributed by atoms with E-state index in [-0.39, 0.29) is 12.1 Å². The largest absolute Gasteiger partial charge is 0.377 e. The molecule has 0 bridgehead atoms. The first-order valence-corrected chi connectivity index (χ1v) is 12.5. The van der Waals surface area contributed by atoms with Gasteiger partial charge in [0.1, 0.15) is 5.82 Å². The van der Waals surface area contributed by atoms with Gasteiger partial charge in [-0.3, -0.25) is 0 Å². The Labute approximate surface area is 201 Å². The van der Waals surface area contributed by atoms with Gasteiger partial charge in [-0.25, -0.2) is 14.8 Å². The van der Waals surface area contributed by atoms with E-state index in [2.05, 4.69) is 42.4 Å². The van der Waals surface area contributed by atoms with Gasteiger partial charge in [0.15, 0.2) is 5.82 Å². The number of likely N-dealkylation sites (N-methyl/N-ethyl adjacent to an activating group) is 1. The Kier molecular flexibility index (Phi) is 9.34. The van der Waals surface area contributed by atoms with E-state index < -0.39 is 0 Å². The van der Waals surface area contributed by atoms with Crippen LogP contribution in [0.4, 0.5) is 16.3 Å². The van der Waals surface area contributed by atoms with Gasteiger partial charge in [0, 0.05) is 42.7 Å². The summed E-state index contributed by atoms with van der Waals surface area (Å²) in [5, 5.41) is 6.26. The van der Waals surface area contributed by atoms with Crippen LogP contribution in [-0.4, -0.2) is 79.1 Å². The van der Waals surface area contributed by atoms with Crippen LogP contribution in [-0.2, 0) is 10.5 Å². The highest BCUT2D eigenvalue weighted by Gasteiger charge is 2.22. The first kappa shape index (κ1) is 25.3. The van der Waals surface area contributed by atoms with Gasteiger partial charge in [0.05, 0.1) is 24.9 Å². The molecule has 8 nitrogen and oxygen atoms in total. The van der Waals surface area contributed by atoms with Crippen molar-refractivity contribution < 1.29 is 9.53 Å². The highest BCUT2D eigenvalue weighted by Crippen LogP contribution is 2.26. The highest BCUT2D eigenvalue weighted by molar-refractivity contribution is 7.99. The summed E-state index contributed by atoms with van der Waals surface area (Å²) >= 11 is 1.87. The maximum atomic E-state index is 12.1. The Morgan fingerprint density at radius 3 is 2.70 bits per heavy atom. The van der Waals surface area contributed by atoms with E-state index in [1.165, 1.54) is 0 Å². The predicted molar refractivity (Wildman–Crippen MR) is 137 cm³/mol. The van der Waals surface area contributed by atoms with Gasteiger partial charge in [0.2, 0.25) is 0 Å². The Hall–Kier alpha value is -2.36. The molecule has 0 saturated carbocycles. The molecule has 0 radical (unpaired) electrons. The quantitative estimate of drug-likeness (QED) is 0.576. The second kappa shape index (κ2) is 12.2. The summed E-state index contributed by atoms with van der Waals surface area (Å²) in [6.07, 6.45) is 0. The van der Waals surface area contributed by atoms with E-state index in [1.807, 2.05) is 55.0 Å². The fourth-order valence-electron chi connectivity index (χ4n) is 3.42. The fraction of sp³-hybridized carbons (Fsp3) is 0.542. The van der Waals surface area contributed by atoms with Crippen LogP contribution in [0.5, 0.6) is 0 Å². The summed E-state index contributed by atoms with van der Waals surface area (Å²) in [7, 11) is 3.95. The molecule has 1 aromatic heterocycles. The van der Waals surface area contributed by atoms with Crippen molar-refractivity contribution in [1.82, 2.24) is 20.2 Å². The van der Waals surface area contributed by atoms with Crippen LogP contribution in [0.15, 0.2) is 30.3 Å². The Morgan fingerprint density at radius 1 is 1.27 bits per heavy atom. The van der Waals surface area contributed by atoms with Crippen molar-refractivity contribution in [2.24, 2.45) is 0 Å². The topological polar surface area (TPSA) is 82.6 Å². The van der Waals surface area contributed by atoms with E-state index in [4.69, 9.17) is 14.7 Å². The number of ether oxygens (including phenoxy) is 1. The molecule has 0 aliphatic carbocycles. The van der Waals surface area contributed by atoms with E-state index in [9.17, 15) is 4.79 Å². The zero-order valence-electron chi connectivity index (χ0n) is 20.3. The van der Waals surface area contributed by atoms with E-state index in [0.29, 0.717) is 30.8 Å². The second-order valence-electron chi connectivity index (χ2n) is 8.78. The van der Waals surface area contributed by atoms with E-state index >= 15 is 0 Å². The number of nitrogens with zero attached hydrogens (tertiary/aromatic N) is 4. The average Bonchev–Trinajstić information content (AvgIpc) is 2.78. The van der Waals surface area contributed by atoms with Gasteiger partial charge in [-0.15, -0.1) is 0 Å². The predicted octanol–water partition coefficient (Wildman–Crippen LogP) is 3.69. The Morgan fingerprint density at radius 2 is 2.03 bits per heavy atom. The molecule has 0 spiro atoms. The number of hydrogen-bond donors (Lipinski definition) is 2. The molecule has 1 atom stereocenters. The number of amides is 2. The van der Waals surface area contributed by atoms with Crippen LogP contribution in [0, 0.1) is 0 Å². The molecule has 1 fully saturated rings. The van der Waals surface area contributed by atoms with Gasteiger partial charge < -0.3 is 25.2 Å². The lowest BCUT2D eigenvalue weighted by atomic mass is 10.2. The monoisotopic (exact) mass is 472 g/mol. The highest BCUT2D eigenvalue weighted by atomic mass is 32.2. The molecule has 1 saturated heterocycles. The zero-order valence-corrected chi connectivity index (χ0v) is 21.1. The minimum absolute atomic E-state index is 0.211. The van der Waals surface area contributed by atoms with E-state index in [1.54, 1.807) is 0 Å². The molecular formula is C24H36N6O2S. The lowest BCUT2D eigenvalue weighted by Crippen LogP contribution is -2.44. The summed E-state index contributed by atoms with van der Waals surface area (Å²) in [5.41, 5.74) is 2.68. The molecule has 1 unspecified atom stereocenters. The summed E-state index contributed by atoms with van der Waals surface area (Å²) in [5.74, 6) is 2.48. The van der Waals surface area contributed by atoms with Crippen LogP contribution in [0.2, 0.25) is 0 Å². The summed E-state index contributed by atoms with van der Waals surface area (Å²) in [4.78, 5) is 26.2. The minimum atomic E-state index is -0.211. The Bertz CT molecular complexity index is 906. The first-order valence-electron chi connectivity index (χ1n) is 11.5. The number of carbonyl (C=O) groups excluding carboxylic acids is 1. The lowest BCUT2D eigenvalue weighted by molar-refractivity contribution is 0.0985. The zero-order chi connectivity index (χ0) is 23.8. The van der Waals surface area contributed by atoms with Gasteiger partial charge in [-0.05, 0) is 50.5 Å². The average molecular weight is 473 g/mol. The molecule has 1 aliphatic rings. The summed E-state index contributed by atoms with van der Waals surface area (Å²) in [6.45, 7) is 10.2. The molecule has 2 aromatic rings. The minimum Gasteiger partial charge on any atom is -0.377 e. The lowest BCUT2D eigenvalue weighted by Gasteiger charge is -2.34. The van der Waals surface area contributed by atoms with Gasteiger partial charge in [-0.2, -0.15) is 11.8 Å². The molecule has 1 aromatic carbocycles. The third kappa shape index (κ3) is 7.87. The third-order valence-electron chi connectivity index (χ3n) is 5.24. The number of aromatic nitrogens is 2. The molecule has 9 heteroatoms. The van der Waals surface area contributed by atoms with Gasteiger partial charge >= 0.3 is 6.03 Å². The molecule has 180 valence electrons. The number of thioether (sulfide) groups is 1. The number of urea groups is 1. The van der Waals surface area contributed by atoms with Crippen molar-refractivity contribution in [3.63, 3.8) is 0 Å². The van der Waals surface area contributed by atoms with Crippen molar-refractivity contribution in [2.75, 3.05) is 57.2 Å². The number of anilines is 2. The number of carbonyl (C=O) groups is 1.